The molecule has 2 N–H and O–H groups in total. The van der Waals surface area contributed by atoms with E-state index in [0.29, 0.717) is 29.8 Å². The Kier molecular flexibility index (Phi) is 4.83. The van der Waals surface area contributed by atoms with Gasteiger partial charge in [-0.25, -0.2) is 9.97 Å². The molecule has 2 heterocycles. The van der Waals surface area contributed by atoms with Crippen LogP contribution >= 0.6 is 0 Å². The smallest absolute Gasteiger partial charge is 0.270 e. The lowest BCUT2D eigenvalue weighted by molar-refractivity contribution is 0.0946. The van der Waals surface area contributed by atoms with Gasteiger partial charge < -0.3 is 20.1 Å². The number of carbonyl (C=O) groups excluding carboxylic acids is 1. The number of amides is 1. The van der Waals surface area contributed by atoms with Crippen molar-refractivity contribution in [2.75, 3.05) is 32.5 Å². The fourth-order valence-electron chi connectivity index (χ4n) is 1.57. The van der Waals surface area contributed by atoms with Crippen LogP contribution in [0.2, 0.25) is 0 Å². The summed E-state index contributed by atoms with van der Waals surface area (Å²) in [5, 5.41) is 9.45. The zero-order chi connectivity index (χ0) is 15.2. The number of hydrogen-bond donors (Lipinski definition) is 2. The van der Waals surface area contributed by atoms with Crippen LogP contribution in [0, 0.1) is 6.92 Å². The first kappa shape index (κ1) is 14.9. The minimum absolute atomic E-state index is 0.237. The summed E-state index contributed by atoms with van der Waals surface area (Å²) >= 11 is 0. The molecule has 0 fully saturated rings. The van der Waals surface area contributed by atoms with Crippen molar-refractivity contribution in [3.63, 3.8) is 0 Å². The monoisotopic (exact) mass is 290 g/mol. The number of rotatable bonds is 6. The van der Waals surface area contributed by atoms with Gasteiger partial charge in [-0.2, -0.15) is 0 Å². The van der Waals surface area contributed by atoms with Gasteiger partial charge in [0.1, 0.15) is 11.5 Å². The van der Waals surface area contributed by atoms with Gasteiger partial charge in [-0.3, -0.25) is 4.79 Å². The Morgan fingerprint density at radius 2 is 2.24 bits per heavy atom. The molecule has 1 amide bonds. The quantitative estimate of drug-likeness (QED) is 0.812. The van der Waals surface area contributed by atoms with Gasteiger partial charge in [-0.1, -0.05) is 5.16 Å². The lowest BCUT2D eigenvalue weighted by Gasteiger charge is -2.10. The molecule has 2 rings (SSSR count). The number of likely N-dealkylation sites (N-methyl/N-ethyl adjacent to an activating group) is 1. The third-order valence-corrected chi connectivity index (χ3v) is 2.60. The molecule has 0 radical (unpaired) electrons. The van der Waals surface area contributed by atoms with Crippen molar-refractivity contribution < 1.29 is 9.32 Å². The molecule has 112 valence electrons. The minimum atomic E-state index is -0.237. The standard InChI is InChI=1S/C13H18N6O2/c1-9-8-11(18-21-9)17-13-15-5-4-10(16-13)12(20)14-6-7-19(2)3/h4-5,8H,6-7H2,1-3H3,(H,14,20)(H,15,16,17,18). The Morgan fingerprint density at radius 1 is 1.43 bits per heavy atom. The van der Waals surface area contributed by atoms with Gasteiger partial charge in [0.2, 0.25) is 5.95 Å². The van der Waals surface area contributed by atoms with E-state index in [1.807, 2.05) is 19.0 Å². The highest BCUT2D eigenvalue weighted by Gasteiger charge is 2.09. The molecule has 0 unspecified atom stereocenters. The van der Waals surface area contributed by atoms with E-state index in [-0.39, 0.29) is 5.91 Å². The Balaban J connectivity index is 1.98. The maximum Gasteiger partial charge on any atom is 0.270 e. The third kappa shape index (κ3) is 4.53. The molecule has 0 atom stereocenters. The first-order chi connectivity index (χ1) is 10.0. The second kappa shape index (κ2) is 6.80. The predicted molar refractivity (Wildman–Crippen MR) is 77.4 cm³/mol. The van der Waals surface area contributed by atoms with Gasteiger partial charge in [0, 0.05) is 25.4 Å². The number of hydrogen-bond acceptors (Lipinski definition) is 7. The second-order valence-corrected chi connectivity index (χ2v) is 4.77. The largest absolute Gasteiger partial charge is 0.360 e. The molecule has 0 aliphatic heterocycles. The molecule has 0 spiro atoms. The fraction of sp³-hybridized carbons (Fsp3) is 0.385. The summed E-state index contributed by atoms with van der Waals surface area (Å²) in [7, 11) is 3.89. The van der Waals surface area contributed by atoms with Crippen LogP contribution in [0.3, 0.4) is 0 Å². The summed E-state index contributed by atoms with van der Waals surface area (Å²) in [6.45, 7) is 3.11. The van der Waals surface area contributed by atoms with Crippen LogP contribution in [0.25, 0.3) is 0 Å². The molecule has 0 saturated carbocycles. The van der Waals surface area contributed by atoms with E-state index in [0.717, 1.165) is 6.54 Å². The van der Waals surface area contributed by atoms with Crippen LogP contribution in [-0.2, 0) is 0 Å². The molecule has 0 saturated heterocycles. The highest BCUT2D eigenvalue weighted by molar-refractivity contribution is 5.92. The fourth-order valence-corrected chi connectivity index (χ4v) is 1.57. The van der Waals surface area contributed by atoms with Gasteiger partial charge >= 0.3 is 0 Å². The zero-order valence-electron chi connectivity index (χ0n) is 12.3. The van der Waals surface area contributed by atoms with Gasteiger partial charge in [0.25, 0.3) is 5.91 Å². The Labute approximate surface area is 122 Å². The maximum atomic E-state index is 12.0. The molecular weight excluding hydrogens is 272 g/mol. The molecule has 2 aromatic heterocycles. The molecule has 0 aliphatic carbocycles. The Bertz CT molecular complexity index is 610. The van der Waals surface area contributed by atoms with E-state index in [9.17, 15) is 4.79 Å². The number of anilines is 2. The summed E-state index contributed by atoms with van der Waals surface area (Å²) in [4.78, 5) is 22.1. The van der Waals surface area contributed by atoms with Crippen LogP contribution in [0.4, 0.5) is 11.8 Å². The van der Waals surface area contributed by atoms with Crippen molar-refractivity contribution in [2.45, 2.75) is 6.92 Å². The van der Waals surface area contributed by atoms with E-state index in [4.69, 9.17) is 4.52 Å². The summed E-state index contributed by atoms with van der Waals surface area (Å²) in [5.41, 5.74) is 0.298. The van der Waals surface area contributed by atoms with Gasteiger partial charge in [0.15, 0.2) is 5.82 Å². The first-order valence-electron chi connectivity index (χ1n) is 6.51. The molecule has 8 heteroatoms. The van der Waals surface area contributed by atoms with Crippen molar-refractivity contribution >= 4 is 17.7 Å². The van der Waals surface area contributed by atoms with Gasteiger partial charge in [0.05, 0.1) is 0 Å². The number of nitrogens with one attached hydrogen (secondary N) is 2. The van der Waals surface area contributed by atoms with Crippen LogP contribution in [0.1, 0.15) is 16.2 Å². The van der Waals surface area contributed by atoms with Crippen LogP contribution in [-0.4, -0.2) is 53.1 Å². The van der Waals surface area contributed by atoms with Crippen molar-refractivity contribution in [1.29, 1.82) is 0 Å². The number of carbonyl (C=O) groups is 1. The highest BCUT2D eigenvalue weighted by Crippen LogP contribution is 2.12. The van der Waals surface area contributed by atoms with Crippen molar-refractivity contribution in [3.8, 4) is 0 Å². The molecule has 8 nitrogen and oxygen atoms in total. The molecule has 21 heavy (non-hydrogen) atoms. The first-order valence-corrected chi connectivity index (χ1v) is 6.51. The Morgan fingerprint density at radius 3 is 2.90 bits per heavy atom. The van der Waals surface area contributed by atoms with Crippen LogP contribution in [0.15, 0.2) is 22.9 Å². The summed E-state index contributed by atoms with van der Waals surface area (Å²) < 4.78 is 4.94. The van der Waals surface area contributed by atoms with Crippen molar-refractivity contribution in [1.82, 2.24) is 25.3 Å². The maximum absolute atomic E-state index is 12.0. The van der Waals surface area contributed by atoms with E-state index >= 15 is 0 Å². The normalized spacial score (nSPS) is 10.7. The summed E-state index contributed by atoms with van der Waals surface area (Å²) in [6.07, 6.45) is 1.52. The summed E-state index contributed by atoms with van der Waals surface area (Å²) in [6, 6.07) is 3.28. The van der Waals surface area contributed by atoms with E-state index < -0.39 is 0 Å². The highest BCUT2D eigenvalue weighted by atomic mass is 16.5. The third-order valence-electron chi connectivity index (χ3n) is 2.60. The lowest BCUT2D eigenvalue weighted by Crippen LogP contribution is -2.31. The number of aromatic nitrogens is 3. The van der Waals surface area contributed by atoms with E-state index in [1.54, 1.807) is 19.1 Å². The minimum Gasteiger partial charge on any atom is -0.360 e. The average molecular weight is 290 g/mol. The molecule has 2 aromatic rings. The second-order valence-electron chi connectivity index (χ2n) is 4.77. The predicted octanol–water partition coefficient (Wildman–Crippen LogP) is 0.808. The van der Waals surface area contributed by atoms with E-state index in [2.05, 4.69) is 25.8 Å². The molecule has 0 aliphatic rings. The molecule has 0 aromatic carbocycles. The van der Waals surface area contributed by atoms with Gasteiger partial charge in [-0.05, 0) is 27.1 Å². The summed E-state index contributed by atoms with van der Waals surface area (Å²) in [5.74, 6) is 1.23. The topological polar surface area (TPSA) is 96.2 Å². The SMILES string of the molecule is Cc1cc(Nc2nccc(C(=O)NCCN(C)C)n2)no1. The van der Waals surface area contributed by atoms with Crippen molar-refractivity contribution in [2.24, 2.45) is 0 Å². The number of aryl methyl sites for hydroxylation is 1. The zero-order valence-corrected chi connectivity index (χ0v) is 12.3. The van der Waals surface area contributed by atoms with Crippen LogP contribution < -0.4 is 10.6 Å². The van der Waals surface area contributed by atoms with Crippen molar-refractivity contribution in [3.05, 3.63) is 29.8 Å². The molecular formula is C13H18N6O2. The molecule has 0 bridgehead atoms. The lowest BCUT2D eigenvalue weighted by atomic mass is 10.4. The van der Waals surface area contributed by atoms with E-state index in [1.165, 1.54) is 6.20 Å². The van der Waals surface area contributed by atoms with Crippen LogP contribution in [0.5, 0.6) is 0 Å². The number of nitrogens with zero attached hydrogens (tertiary/aromatic N) is 4. The van der Waals surface area contributed by atoms with Gasteiger partial charge in [-0.15, -0.1) is 0 Å². The average Bonchev–Trinajstić information content (AvgIpc) is 2.84. The Hall–Kier alpha value is -2.48.